The van der Waals surface area contributed by atoms with E-state index in [1.807, 2.05) is 4.90 Å². The number of rotatable bonds is 7. The van der Waals surface area contributed by atoms with Gasteiger partial charge < -0.3 is 15.0 Å². The van der Waals surface area contributed by atoms with Gasteiger partial charge in [0.25, 0.3) is 5.91 Å². The van der Waals surface area contributed by atoms with Crippen LogP contribution in [0.5, 0.6) is 5.75 Å². The number of carbonyl (C=O) groups excluding carboxylic acids is 2. The molecule has 144 valence electrons. The van der Waals surface area contributed by atoms with E-state index in [9.17, 15) is 9.59 Å². The quantitative estimate of drug-likeness (QED) is 0.750. The standard InChI is InChI=1S/C22H28N2O3/c1-3-15-24-20(25)11-14-22(24)12-9-18(10-13-22)23-21(26)17-5-7-19(8-6-17)27-16-4-2/h3-8,18H,1-2,9-16H2,(H,23,26). The van der Waals surface area contributed by atoms with Crippen molar-refractivity contribution in [1.29, 1.82) is 0 Å². The van der Waals surface area contributed by atoms with Crippen LogP contribution in [0.15, 0.2) is 49.6 Å². The number of carbonyl (C=O) groups is 2. The summed E-state index contributed by atoms with van der Waals surface area (Å²) in [6, 6.07) is 7.30. The van der Waals surface area contributed by atoms with Crippen LogP contribution >= 0.6 is 0 Å². The molecule has 1 saturated heterocycles. The van der Waals surface area contributed by atoms with Gasteiger partial charge in [0.1, 0.15) is 12.4 Å². The Morgan fingerprint density at radius 3 is 2.52 bits per heavy atom. The lowest BCUT2D eigenvalue weighted by atomic mass is 9.77. The van der Waals surface area contributed by atoms with E-state index in [-0.39, 0.29) is 23.4 Å². The summed E-state index contributed by atoms with van der Waals surface area (Å²) in [5.74, 6) is 0.895. The molecule has 0 bridgehead atoms. The minimum absolute atomic E-state index is 0.0311. The van der Waals surface area contributed by atoms with Gasteiger partial charge in [0, 0.05) is 30.1 Å². The average Bonchev–Trinajstić information content (AvgIpc) is 2.99. The summed E-state index contributed by atoms with van der Waals surface area (Å²) in [6.45, 7) is 8.47. The third-order valence-electron chi connectivity index (χ3n) is 5.73. The molecule has 5 heteroatoms. The topological polar surface area (TPSA) is 58.6 Å². The second kappa shape index (κ2) is 8.42. The third kappa shape index (κ3) is 4.24. The van der Waals surface area contributed by atoms with E-state index in [1.54, 1.807) is 36.4 Å². The summed E-state index contributed by atoms with van der Waals surface area (Å²) < 4.78 is 5.44. The fourth-order valence-electron chi connectivity index (χ4n) is 4.24. The number of benzene rings is 1. The number of likely N-dealkylation sites (tertiary alicyclic amines) is 1. The van der Waals surface area contributed by atoms with E-state index in [0.29, 0.717) is 25.1 Å². The lowest BCUT2D eigenvalue weighted by Crippen LogP contribution is -2.51. The molecule has 1 aliphatic carbocycles. The van der Waals surface area contributed by atoms with Crippen LogP contribution < -0.4 is 10.1 Å². The molecule has 0 unspecified atom stereocenters. The van der Waals surface area contributed by atoms with Crippen molar-refractivity contribution in [3.8, 4) is 5.75 Å². The van der Waals surface area contributed by atoms with Crippen molar-refractivity contribution in [2.45, 2.75) is 50.1 Å². The van der Waals surface area contributed by atoms with Crippen LogP contribution in [-0.4, -0.2) is 41.4 Å². The Kier molecular flexibility index (Phi) is 5.99. The fraction of sp³-hybridized carbons (Fsp3) is 0.455. The van der Waals surface area contributed by atoms with Gasteiger partial charge in [0.15, 0.2) is 0 Å². The molecule has 1 aromatic carbocycles. The second-order valence-electron chi connectivity index (χ2n) is 7.39. The van der Waals surface area contributed by atoms with Gasteiger partial charge in [-0.15, -0.1) is 6.58 Å². The molecule has 2 fully saturated rings. The van der Waals surface area contributed by atoms with Gasteiger partial charge in [-0.05, 0) is 56.4 Å². The number of hydrogen-bond donors (Lipinski definition) is 1. The van der Waals surface area contributed by atoms with Crippen LogP contribution in [0.1, 0.15) is 48.9 Å². The van der Waals surface area contributed by atoms with Crippen LogP contribution in [0.3, 0.4) is 0 Å². The Morgan fingerprint density at radius 1 is 1.19 bits per heavy atom. The molecule has 5 nitrogen and oxygen atoms in total. The van der Waals surface area contributed by atoms with Crippen LogP contribution in [-0.2, 0) is 4.79 Å². The molecule has 1 spiro atoms. The van der Waals surface area contributed by atoms with E-state index >= 15 is 0 Å². The number of ether oxygens (including phenoxy) is 1. The van der Waals surface area contributed by atoms with Crippen molar-refractivity contribution < 1.29 is 14.3 Å². The molecule has 1 saturated carbocycles. The zero-order chi connectivity index (χ0) is 19.3. The van der Waals surface area contributed by atoms with E-state index < -0.39 is 0 Å². The molecule has 1 N–H and O–H groups in total. The number of nitrogens with one attached hydrogen (secondary N) is 1. The molecular weight excluding hydrogens is 340 g/mol. The summed E-state index contributed by atoms with van der Waals surface area (Å²) in [5.41, 5.74) is 0.599. The Morgan fingerprint density at radius 2 is 1.89 bits per heavy atom. The largest absolute Gasteiger partial charge is 0.490 e. The van der Waals surface area contributed by atoms with Crippen molar-refractivity contribution in [3.05, 3.63) is 55.1 Å². The first-order chi connectivity index (χ1) is 13.1. The highest BCUT2D eigenvalue weighted by Gasteiger charge is 2.46. The lowest BCUT2D eigenvalue weighted by Gasteiger charge is -2.43. The summed E-state index contributed by atoms with van der Waals surface area (Å²) >= 11 is 0. The highest BCUT2D eigenvalue weighted by atomic mass is 16.5. The van der Waals surface area contributed by atoms with E-state index in [0.717, 1.165) is 37.9 Å². The predicted molar refractivity (Wildman–Crippen MR) is 106 cm³/mol. The average molecular weight is 368 g/mol. The SMILES string of the molecule is C=CCOc1ccc(C(=O)NC2CCC3(CCC(=O)N3CC=C)CC2)cc1. The van der Waals surface area contributed by atoms with Crippen molar-refractivity contribution in [1.82, 2.24) is 10.2 Å². The summed E-state index contributed by atoms with van der Waals surface area (Å²) in [4.78, 5) is 26.7. The first-order valence-electron chi connectivity index (χ1n) is 9.64. The highest BCUT2D eigenvalue weighted by molar-refractivity contribution is 5.94. The van der Waals surface area contributed by atoms with Gasteiger partial charge in [0.2, 0.25) is 5.91 Å². The third-order valence-corrected chi connectivity index (χ3v) is 5.73. The van der Waals surface area contributed by atoms with Crippen molar-refractivity contribution in [3.63, 3.8) is 0 Å². The minimum atomic E-state index is -0.0586. The number of amides is 2. The Labute approximate surface area is 161 Å². The first kappa shape index (κ1) is 19.2. The first-order valence-corrected chi connectivity index (χ1v) is 9.64. The normalized spacial score (nSPS) is 24.7. The van der Waals surface area contributed by atoms with E-state index in [4.69, 9.17) is 4.74 Å². The minimum Gasteiger partial charge on any atom is -0.490 e. The molecule has 1 aliphatic heterocycles. The van der Waals surface area contributed by atoms with Gasteiger partial charge in [-0.1, -0.05) is 18.7 Å². The fourth-order valence-corrected chi connectivity index (χ4v) is 4.24. The molecule has 27 heavy (non-hydrogen) atoms. The monoisotopic (exact) mass is 368 g/mol. The lowest BCUT2D eigenvalue weighted by molar-refractivity contribution is -0.131. The maximum atomic E-state index is 12.5. The second-order valence-corrected chi connectivity index (χ2v) is 7.39. The Hall–Kier alpha value is -2.56. The van der Waals surface area contributed by atoms with Crippen molar-refractivity contribution >= 4 is 11.8 Å². The van der Waals surface area contributed by atoms with Gasteiger partial charge in [-0.3, -0.25) is 9.59 Å². The highest BCUT2D eigenvalue weighted by Crippen LogP contribution is 2.42. The molecule has 0 atom stereocenters. The molecule has 2 aliphatic rings. The van der Waals surface area contributed by atoms with Gasteiger partial charge in [-0.25, -0.2) is 0 Å². The Bertz CT molecular complexity index is 703. The molecule has 0 aromatic heterocycles. The van der Waals surface area contributed by atoms with Crippen molar-refractivity contribution in [2.75, 3.05) is 13.2 Å². The van der Waals surface area contributed by atoms with Crippen LogP contribution in [0.25, 0.3) is 0 Å². The van der Waals surface area contributed by atoms with E-state index in [2.05, 4.69) is 18.5 Å². The van der Waals surface area contributed by atoms with Crippen LogP contribution in [0.2, 0.25) is 0 Å². The number of hydrogen-bond acceptors (Lipinski definition) is 3. The molecule has 1 aromatic rings. The van der Waals surface area contributed by atoms with Crippen LogP contribution in [0, 0.1) is 0 Å². The van der Waals surface area contributed by atoms with E-state index in [1.165, 1.54) is 0 Å². The van der Waals surface area contributed by atoms with Gasteiger partial charge >= 0.3 is 0 Å². The number of nitrogens with zero attached hydrogens (tertiary/aromatic N) is 1. The van der Waals surface area contributed by atoms with Gasteiger partial charge in [-0.2, -0.15) is 0 Å². The summed E-state index contributed by atoms with van der Waals surface area (Å²) in [5, 5.41) is 3.14. The molecular formula is C22H28N2O3. The molecule has 1 heterocycles. The molecule has 3 rings (SSSR count). The zero-order valence-electron chi connectivity index (χ0n) is 15.8. The summed E-state index contributed by atoms with van der Waals surface area (Å²) in [6.07, 6.45) is 8.71. The smallest absolute Gasteiger partial charge is 0.251 e. The maximum Gasteiger partial charge on any atom is 0.251 e. The molecule has 0 radical (unpaired) electrons. The predicted octanol–water partition coefficient (Wildman–Crippen LogP) is 3.47. The van der Waals surface area contributed by atoms with Crippen molar-refractivity contribution in [2.24, 2.45) is 0 Å². The molecule has 2 amide bonds. The van der Waals surface area contributed by atoms with Crippen LogP contribution in [0.4, 0.5) is 0 Å². The van der Waals surface area contributed by atoms with Gasteiger partial charge in [0.05, 0.1) is 0 Å². The maximum absolute atomic E-state index is 12.5. The zero-order valence-corrected chi connectivity index (χ0v) is 15.8. The summed E-state index contributed by atoms with van der Waals surface area (Å²) in [7, 11) is 0. The Balaban J connectivity index is 1.54.